The molecule has 94 valence electrons. The standard InChI is InChI=1S/C15H11ClN2O/c16-12-8-4-7-11(9-12)14-13(15(17)18-19-14)10-5-2-1-3-6-10/h1-9H,(H2,17,18). The van der Waals surface area contributed by atoms with Crippen molar-refractivity contribution in [3.8, 4) is 22.5 Å². The fourth-order valence-electron chi connectivity index (χ4n) is 2.01. The number of nitrogen functional groups attached to an aromatic ring is 1. The summed E-state index contributed by atoms with van der Waals surface area (Å²) in [5.41, 5.74) is 8.53. The van der Waals surface area contributed by atoms with Crippen LogP contribution in [-0.4, -0.2) is 5.16 Å². The van der Waals surface area contributed by atoms with Gasteiger partial charge in [-0.3, -0.25) is 0 Å². The lowest BCUT2D eigenvalue weighted by molar-refractivity contribution is 0.436. The Kier molecular flexibility index (Phi) is 2.97. The maximum Gasteiger partial charge on any atom is 0.176 e. The highest BCUT2D eigenvalue weighted by Crippen LogP contribution is 2.36. The van der Waals surface area contributed by atoms with Gasteiger partial charge in [0.1, 0.15) is 0 Å². The Bertz CT molecular complexity index is 707. The van der Waals surface area contributed by atoms with E-state index in [1.54, 1.807) is 0 Å². The molecule has 0 atom stereocenters. The molecule has 2 N–H and O–H groups in total. The Morgan fingerprint density at radius 1 is 0.947 bits per heavy atom. The topological polar surface area (TPSA) is 52.0 Å². The van der Waals surface area contributed by atoms with E-state index < -0.39 is 0 Å². The largest absolute Gasteiger partial charge is 0.380 e. The van der Waals surface area contributed by atoms with Crippen molar-refractivity contribution in [2.45, 2.75) is 0 Å². The molecule has 0 saturated carbocycles. The van der Waals surface area contributed by atoms with Crippen molar-refractivity contribution in [2.75, 3.05) is 5.73 Å². The molecule has 0 aliphatic heterocycles. The van der Waals surface area contributed by atoms with Crippen LogP contribution in [0.1, 0.15) is 0 Å². The van der Waals surface area contributed by atoms with Crippen LogP contribution in [0.5, 0.6) is 0 Å². The molecule has 3 nitrogen and oxygen atoms in total. The molecule has 0 bridgehead atoms. The summed E-state index contributed by atoms with van der Waals surface area (Å²) in [7, 11) is 0. The molecule has 3 rings (SSSR count). The first-order valence-corrected chi connectivity index (χ1v) is 6.20. The van der Waals surface area contributed by atoms with Crippen LogP contribution in [-0.2, 0) is 0 Å². The van der Waals surface area contributed by atoms with Crippen LogP contribution in [0.2, 0.25) is 5.02 Å². The molecule has 1 aromatic heterocycles. The van der Waals surface area contributed by atoms with E-state index in [1.807, 2.05) is 54.6 Å². The maximum atomic E-state index is 6.01. The second-order valence-electron chi connectivity index (χ2n) is 4.15. The average molecular weight is 271 g/mol. The number of aromatic nitrogens is 1. The van der Waals surface area contributed by atoms with Gasteiger partial charge in [-0.05, 0) is 17.7 Å². The SMILES string of the molecule is Nc1noc(-c2cccc(Cl)c2)c1-c1ccccc1. The minimum atomic E-state index is 0.376. The zero-order valence-corrected chi connectivity index (χ0v) is 10.8. The molecule has 0 saturated heterocycles. The molecule has 0 aliphatic carbocycles. The molecule has 2 aromatic carbocycles. The summed E-state index contributed by atoms with van der Waals surface area (Å²) in [6, 6.07) is 17.2. The smallest absolute Gasteiger partial charge is 0.176 e. The van der Waals surface area contributed by atoms with Crippen LogP contribution >= 0.6 is 11.6 Å². The monoisotopic (exact) mass is 270 g/mol. The molecule has 3 aromatic rings. The van der Waals surface area contributed by atoms with Gasteiger partial charge >= 0.3 is 0 Å². The van der Waals surface area contributed by atoms with Crippen molar-refractivity contribution < 1.29 is 4.52 Å². The van der Waals surface area contributed by atoms with E-state index in [2.05, 4.69) is 5.16 Å². The maximum absolute atomic E-state index is 6.01. The normalized spacial score (nSPS) is 10.6. The highest BCUT2D eigenvalue weighted by Gasteiger charge is 2.17. The summed E-state index contributed by atoms with van der Waals surface area (Å²) in [5.74, 6) is 1.01. The predicted molar refractivity (Wildman–Crippen MR) is 76.8 cm³/mol. The molecule has 0 fully saturated rings. The third kappa shape index (κ3) is 2.20. The minimum absolute atomic E-state index is 0.376. The number of benzene rings is 2. The Morgan fingerprint density at radius 2 is 1.68 bits per heavy atom. The number of rotatable bonds is 2. The lowest BCUT2D eigenvalue weighted by Gasteiger charge is -2.03. The molecule has 19 heavy (non-hydrogen) atoms. The number of nitrogens with two attached hydrogens (primary N) is 1. The van der Waals surface area contributed by atoms with Crippen molar-refractivity contribution in [3.05, 3.63) is 59.6 Å². The summed E-state index contributed by atoms with van der Waals surface area (Å²) in [4.78, 5) is 0. The van der Waals surface area contributed by atoms with E-state index in [0.29, 0.717) is 16.6 Å². The molecule has 0 spiro atoms. The number of anilines is 1. The number of hydrogen-bond donors (Lipinski definition) is 1. The van der Waals surface area contributed by atoms with E-state index in [4.69, 9.17) is 21.9 Å². The van der Waals surface area contributed by atoms with Crippen LogP contribution in [0, 0.1) is 0 Å². The van der Waals surface area contributed by atoms with Gasteiger partial charge in [-0.15, -0.1) is 0 Å². The number of halogens is 1. The van der Waals surface area contributed by atoms with E-state index in [1.165, 1.54) is 0 Å². The van der Waals surface area contributed by atoms with Gasteiger partial charge in [0.2, 0.25) is 0 Å². The zero-order chi connectivity index (χ0) is 13.2. The molecule has 4 heteroatoms. The van der Waals surface area contributed by atoms with Crippen molar-refractivity contribution in [3.63, 3.8) is 0 Å². The molecule has 0 unspecified atom stereocenters. The van der Waals surface area contributed by atoms with Gasteiger partial charge in [-0.1, -0.05) is 59.2 Å². The van der Waals surface area contributed by atoms with E-state index >= 15 is 0 Å². The van der Waals surface area contributed by atoms with Crippen LogP contribution in [0.15, 0.2) is 59.1 Å². The fourth-order valence-corrected chi connectivity index (χ4v) is 2.20. The Labute approximate surface area is 115 Å². The van der Waals surface area contributed by atoms with Gasteiger partial charge in [0, 0.05) is 10.6 Å². The van der Waals surface area contributed by atoms with Gasteiger partial charge in [0.05, 0.1) is 5.56 Å². The number of hydrogen-bond acceptors (Lipinski definition) is 3. The zero-order valence-electron chi connectivity index (χ0n) is 10.0. The van der Waals surface area contributed by atoms with E-state index in [-0.39, 0.29) is 0 Å². The second-order valence-corrected chi connectivity index (χ2v) is 4.58. The van der Waals surface area contributed by atoms with Gasteiger partial charge in [-0.2, -0.15) is 0 Å². The van der Waals surface area contributed by atoms with Crippen molar-refractivity contribution >= 4 is 17.4 Å². The summed E-state index contributed by atoms with van der Waals surface area (Å²) >= 11 is 6.01. The highest BCUT2D eigenvalue weighted by atomic mass is 35.5. The molecule has 1 heterocycles. The molecular weight excluding hydrogens is 260 g/mol. The van der Waals surface area contributed by atoms with Crippen LogP contribution < -0.4 is 5.73 Å². The third-order valence-electron chi connectivity index (χ3n) is 2.87. The first-order valence-electron chi connectivity index (χ1n) is 5.82. The highest BCUT2D eigenvalue weighted by molar-refractivity contribution is 6.30. The van der Waals surface area contributed by atoms with Gasteiger partial charge in [0.25, 0.3) is 0 Å². The van der Waals surface area contributed by atoms with Crippen LogP contribution in [0.25, 0.3) is 22.5 Å². The molecular formula is C15H11ClN2O. The predicted octanol–water partition coefficient (Wildman–Crippen LogP) is 4.24. The fraction of sp³-hybridized carbons (Fsp3) is 0. The van der Waals surface area contributed by atoms with Crippen molar-refractivity contribution in [1.29, 1.82) is 0 Å². The number of nitrogens with zero attached hydrogens (tertiary/aromatic N) is 1. The van der Waals surface area contributed by atoms with E-state index in [0.717, 1.165) is 16.7 Å². The minimum Gasteiger partial charge on any atom is -0.380 e. The Hall–Kier alpha value is -2.26. The lowest BCUT2D eigenvalue weighted by atomic mass is 10.0. The first kappa shape index (κ1) is 11.8. The average Bonchev–Trinajstić information content (AvgIpc) is 2.82. The van der Waals surface area contributed by atoms with Crippen LogP contribution in [0.4, 0.5) is 5.82 Å². The molecule has 0 amide bonds. The summed E-state index contributed by atoms with van der Waals surface area (Å²) in [6.45, 7) is 0. The Balaban J connectivity index is 2.19. The lowest BCUT2D eigenvalue weighted by Crippen LogP contribution is -1.88. The van der Waals surface area contributed by atoms with E-state index in [9.17, 15) is 0 Å². The second kappa shape index (κ2) is 4.78. The summed E-state index contributed by atoms with van der Waals surface area (Å²) in [5, 5.41) is 4.50. The first-order chi connectivity index (χ1) is 9.25. The van der Waals surface area contributed by atoms with Crippen LogP contribution in [0.3, 0.4) is 0 Å². The van der Waals surface area contributed by atoms with Gasteiger partial charge < -0.3 is 10.3 Å². The summed E-state index contributed by atoms with van der Waals surface area (Å²) < 4.78 is 5.36. The quantitative estimate of drug-likeness (QED) is 0.757. The van der Waals surface area contributed by atoms with Gasteiger partial charge in [0.15, 0.2) is 11.6 Å². The van der Waals surface area contributed by atoms with Crippen molar-refractivity contribution in [1.82, 2.24) is 5.16 Å². The third-order valence-corrected chi connectivity index (χ3v) is 3.10. The molecule has 0 radical (unpaired) electrons. The molecule has 0 aliphatic rings. The summed E-state index contributed by atoms with van der Waals surface area (Å²) in [6.07, 6.45) is 0. The Morgan fingerprint density at radius 3 is 2.42 bits per heavy atom. The van der Waals surface area contributed by atoms with Crippen molar-refractivity contribution in [2.24, 2.45) is 0 Å². The van der Waals surface area contributed by atoms with Gasteiger partial charge in [-0.25, -0.2) is 0 Å².